The minimum atomic E-state index is -2.07. The van der Waals surface area contributed by atoms with Crippen molar-refractivity contribution in [2.45, 2.75) is 77.7 Å². The van der Waals surface area contributed by atoms with E-state index in [1.807, 2.05) is 13.0 Å². The number of rotatable bonds is 10. The maximum Gasteiger partial charge on any atom is 0.250 e. The zero-order chi connectivity index (χ0) is 22.4. The molecule has 1 aromatic carbocycles. The molecule has 29 heavy (non-hydrogen) atoms. The maximum atomic E-state index is 9.50. The van der Waals surface area contributed by atoms with Crippen LogP contribution in [0.25, 0.3) is 0 Å². The molecule has 0 spiro atoms. The van der Waals surface area contributed by atoms with Crippen LogP contribution in [0.15, 0.2) is 6.07 Å². The lowest BCUT2D eigenvalue weighted by molar-refractivity contribution is 0.365. The van der Waals surface area contributed by atoms with Crippen molar-refractivity contribution in [2.24, 2.45) is 5.73 Å². The average molecular weight is 422 g/mol. The molecule has 0 aliphatic rings. The van der Waals surface area contributed by atoms with Gasteiger partial charge in [0.1, 0.15) is 17.5 Å². The van der Waals surface area contributed by atoms with Crippen LogP contribution < -0.4 is 25.0 Å². The molecular weight excluding hydrogens is 382 g/mol. The second-order valence-electron chi connectivity index (χ2n) is 9.02. The topological polar surface area (TPSA) is 89.5 Å². The summed E-state index contributed by atoms with van der Waals surface area (Å²) in [6.45, 7) is 15.8. The lowest BCUT2D eigenvalue weighted by atomic mass is 9.97. The van der Waals surface area contributed by atoms with Crippen LogP contribution in [0, 0.1) is 18.3 Å². The number of nitrogens with two attached hydrogens (primary N) is 1. The highest BCUT2D eigenvalue weighted by atomic mass is 28.4. The van der Waals surface area contributed by atoms with Gasteiger partial charge in [0.2, 0.25) is 0 Å². The first-order valence-electron chi connectivity index (χ1n) is 10.3. The lowest BCUT2D eigenvalue weighted by Gasteiger charge is -2.37. The Labute approximate surface area is 177 Å². The van der Waals surface area contributed by atoms with E-state index in [2.05, 4.69) is 52.2 Å². The molecule has 6 nitrogen and oxygen atoms in total. The smallest absolute Gasteiger partial charge is 0.250 e. The van der Waals surface area contributed by atoms with E-state index in [0.717, 1.165) is 35.6 Å². The third-order valence-corrected chi connectivity index (χ3v) is 10.1. The summed E-state index contributed by atoms with van der Waals surface area (Å²) in [4.78, 5) is 0. The highest BCUT2D eigenvalue weighted by molar-refractivity contribution is 6.74. The van der Waals surface area contributed by atoms with Gasteiger partial charge in [0.05, 0.1) is 20.3 Å². The number of nitrogens with zero attached hydrogens (tertiary/aromatic N) is 1. The van der Waals surface area contributed by atoms with Gasteiger partial charge in [0, 0.05) is 11.6 Å². The minimum absolute atomic E-state index is 0.0540. The van der Waals surface area contributed by atoms with Crippen molar-refractivity contribution in [3.8, 4) is 23.3 Å². The molecule has 0 saturated heterocycles. The summed E-state index contributed by atoms with van der Waals surface area (Å²) in [6, 6.07) is 3.46. The van der Waals surface area contributed by atoms with E-state index in [1.165, 1.54) is 0 Å². The molecule has 0 saturated carbocycles. The van der Waals surface area contributed by atoms with Crippen molar-refractivity contribution in [3.05, 3.63) is 17.2 Å². The molecule has 0 radical (unpaired) electrons. The summed E-state index contributed by atoms with van der Waals surface area (Å²) in [7, 11) is 1.22. The molecule has 0 aliphatic carbocycles. The van der Waals surface area contributed by atoms with Gasteiger partial charge in [0.25, 0.3) is 8.32 Å². The van der Waals surface area contributed by atoms with Gasteiger partial charge in [0.15, 0.2) is 5.75 Å². The predicted octanol–water partition coefficient (Wildman–Crippen LogP) is 4.16. The molecule has 0 aliphatic heterocycles. The Hall–Kier alpha value is -1.75. The van der Waals surface area contributed by atoms with E-state index < -0.39 is 14.4 Å². The zero-order valence-electron chi connectivity index (χ0n) is 19.6. The summed E-state index contributed by atoms with van der Waals surface area (Å²) >= 11 is 0. The third-order valence-electron chi connectivity index (χ3n) is 5.72. The fraction of sp³-hybridized carbons (Fsp3) is 0.682. The van der Waals surface area contributed by atoms with Gasteiger partial charge in [-0.05, 0) is 56.1 Å². The first-order valence-corrected chi connectivity index (χ1v) is 13.2. The normalized spacial score (nSPS) is 14.1. The Balaban J connectivity index is 3.37. The predicted molar refractivity (Wildman–Crippen MR) is 121 cm³/mol. The van der Waals surface area contributed by atoms with E-state index in [4.69, 9.17) is 19.6 Å². The molecule has 0 aromatic heterocycles. The van der Waals surface area contributed by atoms with Gasteiger partial charge >= 0.3 is 0 Å². The highest BCUT2D eigenvalue weighted by Gasteiger charge is 2.40. The zero-order valence-corrected chi connectivity index (χ0v) is 20.6. The van der Waals surface area contributed by atoms with Crippen LogP contribution in [0.4, 0.5) is 0 Å². The van der Waals surface area contributed by atoms with Gasteiger partial charge < -0.3 is 25.0 Å². The molecule has 7 heteroatoms. The molecule has 0 amide bonds. The molecule has 2 atom stereocenters. The quantitative estimate of drug-likeness (QED) is 0.551. The molecule has 0 fully saturated rings. The first kappa shape index (κ1) is 25.3. The second-order valence-corrected chi connectivity index (χ2v) is 13.7. The number of hydrogen-bond donors (Lipinski definition) is 2. The van der Waals surface area contributed by atoms with Crippen LogP contribution in [-0.4, -0.2) is 41.2 Å². The fourth-order valence-electron chi connectivity index (χ4n) is 2.98. The Morgan fingerprint density at radius 1 is 1.21 bits per heavy atom. The molecule has 164 valence electrons. The Bertz CT molecular complexity index is 723. The standard InChI is InChI=1S/C22H39N3O3Si/c1-10-11-25-18(14-23)17(24)12-16-13-19(28-29(8,9)22(3,4)5)21(27-7)15(2)20(16)26-6/h13,17-18,25H,10-12,24H2,1-9H3/t17-,18?/m0/s1. The second kappa shape index (κ2) is 10.3. The van der Waals surface area contributed by atoms with E-state index in [1.54, 1.807) is 14.2 Å². The van der Waals surface area contributed by atoms with Crippen molar-refractivity contribution >= 4 is 8.32 Å². The number of nitriles is 1. The molecule has 1 aromatic rings. The number of ether oxygens (including phenoxy) is 2. The van der Waals surface area contributed by atoms with E-state index in [9.17, 15) is 5.26 Å². The number of methoxy groups -OCH3 is 2. The van der Waals surface area contributed by atoms with Gasteiger partial charge in [-0.3, -0.25) is 0 Å². The minimum Gasteiger partial charge on any atom is -0.541 e. The van der Waals surface area contributed by atoms with E-state index >= 15 is 0 Å². The Morgan fingerprint density at radius 2 is 1.79 bits per heavy atom. The largest absolute Gasteiger partial charge is 0.541 e. The fourth-order valence-corrected chi connectivity index (χ4v) is 3.98. The molecule has 1 unspecified atom stereocenters. The average Bonchev–Trinajstić information content (AvgIpc) is 2.61. The van der Waals surface area contributed by atoms with Crippen LogP contribution in [-0.2, 0) is 6.42 Å². The van der Waals surface area contributed by atoms with Crippen molar-refractivity contribution in [1.29, 1.82) is 5.26 Å². The van der Waals surface area contributed by atoms with Crippen LogP contribution in [0.1, 0.15) is 45.2 Å². The summed E-state index contributed by atoms with van der Waals surface area (Å²) < 4.78 is 17.9. The van der Waals surface area contributed by atoms with Gasteiger partial charge in [-0.15, -0.1) is 0 Å². The van der Waals surface area contributed by atoms with Crippen LogP contribution in [0.5, 0.6) is 17.2 Å². The molecule has 0 bridgehead atoms. The van der Waals surface area contributed by atoms with Gasteiger partial charge in [-0.1, -0.05) is 27.7 Å². The SMILES string of the molecule is CCCNC(C#N)[C@@H](N)Cc1cc(O[Si](C)(C)C(C)(C)C)c(OC)c(C)c1OC. The Kier molecular flexibility index (Phi) is 9.00. The van der Waals surface area contributed by atoms with Crippen LogP contribution in [0.3, 0.4) is 0 Å². The number of nitrogens with one attached hydrogen (secondary N) is 1. The van der Waals surface area contributed by atoms with Crippen LogP contribution >= 0.6 is 0 Å². The van der Waals surface area contributed by atoms with Crippen molar-refractivity contribution in [2.75, 3.05) is 20.8 Å². The summed E-state index contributed by atoms with van der Waals surface area (Å²) in [5, 5.41) is 12.8. The van der Waals surface area contributed by atoms with E-state index in [0.29, 0.717) is 12.2 Å². The first-order chi connectivity index (χ1) is 13.4. The van der Waals surface area contributed by atoms with Gasteiger partial charge in [-0.2, -0.15) is 5.26 Å². The monoisotopic (exact) mass is 421 g/mol. The number of benzene rings is 1. The van der Waals surface area contributed by atoms with Crippen LogP contribution in [0.2, 0.25) is 18.1 Å². The maximum absolute atomic E-state index is 9.50. The molecular formula is C22H39N3O3Si. The summed E-state index contributed by atoms with van der Waals surface area (Å²) in [6.07, 6.45) is 1.44. The number of hydrogen-bond acceptors (Lipinski definition) is 6. The molecule has 1 rings (SSSR count). The van der Waals surface area contributed by atoms with Crippen molar-refractivity contribution in [3.63, 3.8) is 0 Å². The highest BCUT2D eigenvalue weighted by Crippen LogP contribution is 2.44. The van der Waals surface area contributed by atoms with E-state index in [-0.39, 0.29) is 11.1 Å². The molecule has 3 N–H and O–H groups in total. The lowest BCUT2D eigenvalue weighted by Crippen LogP contribution is -2.46. The van der Waals surface area contributed by atoms with Gasteiger partial charge in [-0.25, -0.2) is 0 Å². The molecule has 0 heterocycles. The third kappa shape index (κ3) is 6.11. The summed E-state index contributed by atoms with van der Waals surface area (Å²) in [5.41, 5.74) is 8.19. The Morgan fingerprint density at radius 3 is 2.24 bits per heavy atom. The van der Waals surface area contributed by atoms with Crippen molar-refractivity contribution < 1.29 is 13.9 Å². The summed E-state index contributed by atoms with van der Waals surface area (Å²) in [5.74, 6) is 2.13. The van der Waals surface area contributed by atoms with Crippen molar-refractivity contribution in [1.82, 2.24) is 5.32 Å².